The number of methoxy groups -OCH3 is 1. The number of nitrogens with zero attached hydrogens (tertiary/aromatic N) is 4. The molecule has 0 radical (unpaired) electrons. The van der Waals surface area contributed by atoms with E-state index >= 15 is 0 Å². The van der Waals surface area contributed by atoms with Gasteiger partial charge in [-0.2, -0.15) is 0 Å². The van der Waals surface area contributed by atoms with Crippen LogP contribution in [0.15, 0.2) is 48.5 Å². The van der Waals surface area contributed by atoms with Gasteiger partial charge in [0.2, 0.25) is 0 Å². The van der Waals surface area contributed by atoms with Crippen molar-refractivity contribution in [1.29, 1.82) is 0 Å². The van der Waals surface area contributed by atoms with Crippen LogP contribution in [0, 0.1) is 6.92 Å². The lowest BCUT2D eigenvalue weighted by Gasteiger charge is -2.34. The lowest BCUT2D eigenvalue weighted by Crippen LogP contribution is -2.43. The van der Waals surface area contributed by atoms with E-state index in [1.807, 2.05) is 48.2 Å². The maximum atomic E-state index is 13.2. The van der Waals surface area contributed by atoms with E-state index in [2.05, 4.69) is 29.4 Å². The molecule has 3 aromatic rings. The first-order valence-corrected chi connectivity index (χ1v) is 9.03. The Morgan fingerprint density at radius 2 is 1.81 bits per heavy atom. The Labute approximate surface area is 158 Å². The molecule has 1 amide bonds. The zero-order valence-electron chi connectivity index (χ0n) is 15.7. The Morgan fingerprint density at radius 3 is 2.52 bits per heavy atom. The summed E-state index contributed by atoms with van der Waals surface area (Å²) in [5.41, 5.74) is 4.49. The van der Waals surface area contributed by atoms with Crippen molar-refractivity contribution in [3.8, 4) is 11.4 Å². The molecule has 2 aromatic carbocycles. The fourth-order valence-corrected chi connectivity index (χ4v) is 3.58. The van der Waals surface area contributed by atoms with Crippen LogP contribution in [0.4, 0.5) is 0 Å². The number of carbonyl (C=O) groups is 1. The first-order chi connectivity index (χ1) is 13.1. The van der Waals surface area contributed by atoms with Crippen molar-refractivity contribution in [2.75, 3.05) is 7.11 Å². The van der Waals surface area contributed by atoms with E-state index in [0.29, 0.717) is 12.2 Å². The van der Waals surface area contributed by atoms with Gasteiger partial charge in [-0.25, -0.2) is 4.68 Å². The molecule has 0 bridgehead atoms. The van der Waals surface area contributed by atoms with E-state index in [9.17, 15) is 4.79 Å². The van der Waals surface area contributed by atoms with Crippen LogP contribution in [0.5, 0.6) is 5.75 Å². The summed E-state index contributed by atoms with van der Waals surface area (Å²) in [6.45, 7) is 4.56. The van der Waals surface area contributed by atoms with Crippen molar-refractivity contribution >= 4 is 5.91 Å². The average Bonchev–Trinajstić information content (AvgIpc) is 3.08. The van der Waals surface area contributed by atoms with Gasteiger partial charge in [-0.05, 0) is 55.7 Å². The van der Waals surface area contributed by atoms with Crippen molar-refractivity contribution in [1.82, 2.24) is 19.9 Å². The van der Waals surface area contributed by atoms with Gasteiger partial charge in [-0.3, -0.25) is 4.79 Å². The number of fused-ring (bicyclic) bond motifs is 1. The van der Waals surface area contributed by atoms with Crippen LogP contribution in [0.1, 0.15) is 34.2 Å². The standard InChI is InChI=1S/C21H22N4O2/c1-14-12-16-6-4-5-7-17(16)13-24(14)21(26)20-15(2)25(23-22-20)18-8-10-19(27-3)11-9-18/h4-11,14H,12-13H2,1-3H3. The number of carbonyl (C=O) groups excluding carboxylic acids is 1. The molecule has 0 saturated carbocycles. The molecule has 0 spiro atoms. The number of amides is 1. The number of benzene rings is 2. The molecule has 0 fully saturated rings. The molecule has 27 heavy (non-hydrogen) atoms. The smallest absolute Gasteiger partial charge is 0.276 e. The zero-order chi connectivity index (χ0) is 19.0. The number of hydrogen-bond acceptors (Lipinski definition) is 4. The fraction of sp³-hybridized carbons (Fsp3) is 0.286. The van der Waals surface area contributed by atoms with Crippen LogP contribution in [-0.2, 0) is 13.0 Å². The van der Waals surface area contributed by atoms with Crippen LogP contribution < -0.4 is 4.74 Å². The summed E-state index contributed by atoms with van der Waals surface area (Å²) in [5, 5.41) is 8.40. The summed E-state index contributed by atoms with van der Waals surface area (Å²) in [6.07, 6.45) is 0.855. The monoisotopic (exact) mass is 362 g/mol. The van der Waals surface area contributed by atoms with E-state index < -0.39 is 0 Å². The summed E-state index contributed by atoms with van der Waals surface area (Å²) >= 11 is 0. The Bertz CT molecular complexity index is 978. The van der Waals surface area contributed by atoms with E-state index in [1.165, 1.54) is 11.1 Å². The van der Waals surface area contributed by atoms with E-state index in [-0.39, 0.29) is 11.9 Å². The van der Waals surface area contributed by atoms with E-state index in [4.69, 9.17) is 4.74 Å². The second kappa shape index (κ2) is 6.87. The normalized spacial score (nSPS) is 16.1. The van der Waals surface area contributed by atoms with E-state index in [1.54, 1.807) is 11.8 Å². The van der Waals surface area contributed by atoms with Gasteiger partial charge in [0, 0.05) is 12.6 Å². The molecule has 6 heteroatoms. The molecule has 1 atom stereocenters. The highest BCUT2D eigenvalue weighted by molar-refractivity contribution is 5.93. The highest BCUT2D eigenvalue weighted by atomic mass is 16.5. The summed E-state index contributed by atoms with van der Waals surface area (Å²) in [6, 6.07) is 15.9. The Kier molecular flexibility index (Phi) is 4.39. The molecule has 1 aliphatic rings. The summed E-state index contributed by atoms with van der Waals surface area (Å²) in [4.78, 5) is 15.1. The quantitative estimate of drug-likeness (QED) is 0.718. The Morgan fingerprint density at radius 1 is 1.11 bits per heavy atom. The van der Waals surface area contributed by atoms with E-state index in [0.717, 1.165) is 23.6 Å². The van der Waals surface area contributed by atoms with Crippen LogP contribution in [-0.4, -0.2) is 39.0 Å². The molecule has 138 valence electrons. The third-order valence-corrected chi connectivity index (χ3v) is 5.18. The van der Waals surface area contributed by atoms with Crippen molar-refractivity contribution in [3.05, 3.63) is 71.0 Å². The molecule has 1 aromatic heterocycles. The molecule has 2 heterocycles. The van der Waals surface area contributed by atoms with Crippen LogP contribution in [0.3, 0.4) is 0 Å². The largest absolute Gasteiger partial charge is 0.497 e. The first kappa shape index (κ1) is 17.3. The number of rotatable bonds is 3. The predicted octanol–water partition coefficient (Wildman–Crippen LogP) is 3.17. The maximum Gasteiger partial charge on any atom is 0.276 e. The molecular weight excluding hydrogens is 340 g/mol. The molecule has 6 nitrogen and oxygen atoms in total. The van der Waals surface area contributed by atoms with Gasteiger partial charge in [0.15, 0.2) is 5.69 Å². The molecule has 0 N–H and O–H groups in total. The maximum absolute atomic E-state index is 13.2. The third-order valence-electron chi connectivity index (χ3n) is 5.18. The minimum Gasteiger partial charge on any atom is -0.497 e. The molecule has 0 saturated heterocycles. The molecule has 0 aliphatic carbocycles. The number of ether oxygens (including phenoxy) is 1. The topological polar surface area (TPSA) is 60.2 Å². The van der Waals surface area contributed by atoms with Crippen LogP contribution >= 0.6 is 0 Å². The van der Waals surface area contributed by atoms with Crippen molar-refractivity contribution < 1.29 is 9.53 Å². The lowest BCUT2D eigenvalue weighted by molar-refractivity contribution is 0.0651. The van der Waals surface area contributed by atoms with Crippen LogP contribution in [0.2, 0.25) is 0 Å². The molecular formula is C21H22N4O2. The van der Waals surface area contributed by atoms with Crippen molar-refractivity contribution in [2.24, 2.45) is 0 Å². The number of hydrogen-bond donors (Lipinski definition) is 0. The lowest BCUT2D eigenvalue weighted by atomic mass is 9.94. The summed E-state index contributed by atoms with van der Waals surface area (Å²) in [7, 11) is 1.63. The minimum atomic E-state index is -0.0748. The molecule has 4 rings (SSSR count). The van der Waals surface area contributed by atoms with Gasteiger partial charge in [0.1, 0.15) is 5.75 Å². The predicted molar refractivity (Wildman–Crippen MR) is 102 cm³/mol. The summed E-state index contributed by atoms with van der Waals surface area (Å²) < 4.78 is 6.88. The highest BCUT2D eigenvalue weighted by Gasteiger charge is 2.30. The third kappa shape index (κ3) is 3.07. The van der Waals surface area contributed by atoms with Crippen molar-refractivity contribution in [2.45, 2.75) is 32.9 Å². The Hall–Kier alpha value is -3.15. The fourth-order valence-electron chi connectivity index (χ4n) is 3.58. The van der Waals surface area contributed by atoms with Gasteiger partial charge >= 0.3 is 0 Å². The second-order valence-electron chi connectivity index (χ2n) is 6.89. The number of aromatic nitrogens is 3. The second-order valence-corrected chi connectivity index (χ2v) is 6.89. The van der Waals surface area contributed by atoms with Gasteiger partial charge in [0.05, 0.1) is 18.5 Å². The zero-order valence-corrected chi connectivity index (χ0v) is 15.7. The van der Waals surface area contributed by atoms with Gasteiger partial charge in [-0.15, -0.1) is 5.10 Å². The van der Waals surface area contributed by atoms with Crippen molar-refractivity contribution in [3.63, 3.8) is 0 Å². The molecule has 1 aliphatic heterocycles. The average molecular weight is 362 g/mol. The van der Waals surface area contributed by atoms with Gasteiger partial charge in [0.25, 0.3) is 5.91 Å². The Balaban J connectivity index is 1.62. The first-order valence-electron chi connectivity index (χ1n) is 9.03. The van der Waals surface area contributed by atoms with Gasteiger partial charge < -0.3 is 9.64 Å². The summed E-state index contributed by atoms with van der Waals surface area (Å²) in [5.74, 6) is 0.697. The van der Waals surface area contributed by atoms with Crippen LogP contribution in [0.25, 0.3) is 5.69 Å². The molecule has 1 unspecified atom stereocenters. The van der Waals surface area contributed by atoms with Gasteiger partial charge in [-0.1, -0.05) is 29.5 Å². The SMILES string of the molecule is COc1ccc(-n2nnc(C(=O)N3Cc4ccccc4CC3C)c2C)cc1. The highest BCUT2D eigenvalue weighted by Crippen LogP contribution is 2.25. The minimum absolute atomic E-state index is 0.0748.